The van der Waals surface area contributed by atoms with Gasteiger partial charge in [-0.3, -0.25) is 38.4 Å². The van der Waals surface area contributed by atoms with Crippen LogP contribution in [-0.2, 0) is 62.0 Å². The lowest BCUT2D eigenvalue weighted by atomic mass is 9.38. The summed E-state index contributed by atoms with van der Waals surface area (Å²) >= 11 is 0. The number of aliphatic hydroxyl groups is 4. The summed E-state index contributed by atoms with van der Waals surface area (Å²) in [6.45, 7) is 14.7. The molecule has 366 valence electrons. The molecule has 0 aromatic rings. The van der Waals surface area contributed by atoms with Crippen molar-refractivity contribution in [2.75, 3.05) is 13.7 Å². The number of carbonyl (C=O) groups is 8. The molecule has 4 bridgehead atoms. The first kappa shape index (κ1) is 48.8. The zero-order valence-corrected chi connectivity index (χ0v) is 39.9. The second-order valence-corrected chi connectivity index (χ2v) is 23.3. The minimum Gasteiger partial charge on any atom is -0.462 e. The molecule has 0 heterocycles. The third kappa shape index (κ3) is 6.06. The predicted molar refractivity (Wildman–Crippen MR) is 226 cm³/mol. The molecule has 8 saturated carbocycles. The minimum absolute atomic E-state index is 0.0256. The van der Waals surface area contributed by atoms with Crippen LogP contribution in [0.2, 0.25) is 0 Å². The van der Waals surface area contributed by atoms with E-state index in [-0.39, 0.29) is 51.6 Å². The second-order valence-electron chi connectivity index (χ2n) is 23.3. The van der Waals surface area contributed by atoms with Gasteiger partial charge in [0, 0.05) is 98.9 Å². The highest BCUT2D eigenvalue weighted by atomic mass is 16.6. The number of fused-ring (bicyclic) bond motifs is 6. The van der Waals surface area contributed by atoms with Gasteiger partial charge in [-0.05, 0) is 43.9 Å². The molecule has 8 aliphatic carbocycles. The third-order valence-electron chi connectivity index (χ3n) is 19.5. The third-order valence-corrected chi connectivity index (χ3v) is 19.5. The van der Waals surface area contributed by atoms with E-state index < -0.39 is 175 Å². The van der Waals surface area contributed by atoms with E-state index >= 15 is 14.4 Å². The molecule has 8 aliphatic rings. The predicted octanol–water partition coefficient (Wildman–Crippen LogP) is 2.26. The topological polar surface area (TPSA) is 264 Å². The van der Waals surface area contributed by atoms with Gasteiger partial charge in [0.2, 0.25) is 0 Å². The van der Waals surface area contributed by atoms with Crippen LogP contribution in [0.15, 0.2) is 0 Å². The Kier molecular flexibility index (Phi) is 11.4. The van der Waals surface area contributed by atoms with Gasteiger partial charge in [-0.15, -0.1) is 0 Å². The number of rotatable bonds is 8. The van der Waals surface area contributed by atoms with E-state index in [1.54, 1.807) is 41.5 Å². The lowest BCUT2D eigenvalue weighted by Crippen LogP contribution is -2.75. The van der Waals surface area contributed by atoms with Crippen LogP contribution in [-0.4, -0.2) is 130 Å². The Balaban J connectivity index is 1.29. The van der Waals surface area contributed by atoms with Crippen molar-refractivity contribution in [3.63, 3.8) is 0 Å². The smallest absolute Gasteiger partial charge is 0.302 e. The number of carbonyl (C=O) groups excluding carboxylic acids is 8. The number of ether oxygens (including phenoxy) is 5. The Hall–Kier alpha value is -3.64. The molecule has 8 rings (SSSR count). The van der Waals surface area contributed by atoms with Crippen LogP contribution in [0.3, 0.4) is 0 Å². The molecule has 0 saturated heterocycles. The van der Waals surface area contributed by atoms with E-state index in [0.717, 1.165) is 0 Å². The number of methoxy groups -OCH3 is 1. The van der Waals surface area contributed by atoms with Gasteiger partial charge in [0.1, 0.15) is 42.4 Å². The molecule has 66 heavy (non-hydrogen) atoms. The van der Waals surface area contributed by atoms with Gasteiger partial charge in [0.05, 0.1) is 35.1 Å². The van der Waals surface area contributed by atoms with Gasteiger partial charge in [-0.2, -0.15) is 0 Å². The molecule has 0 amide bonds. The lowest BCUT2D eigenvalue weighted by molar-refractivity contribution is -0.261. The standard InChI is InChI=1S/C49H68O17/c1-20(50)63-27-12-24-16-48(35(27)45(9)31(65-22(3)52)14-29(54)43(5,6)37(45)33(56)40(48)59)39(58)26(24)18-47(19-62-11)25-13-28(64-21(2)51)36-46(10)32(66-23(4)53)15-30(55)44(7,8)38(46)34(57)41(60)49(36,17-25)42(47)61/h24-32,35-38,40-41,54-55,59-60H,12-19H2,1-11H3/t24-,25-,26+,27+,28+,29+,30+,31+,32+,35+,36+,37-,38-,40+,41-,45+,46+,47-,48+,49-/m1/s1. The highest BCUT2D eigenvalue weighted by molar-refractivity contribution is 6.04. The largest absolute Gasteiger partial charge is 0.462 e. The SMILES string of the molecule is COC[C@@]1(C[C@@H]2C(=O)[C@]34C[C@H]2C[C@H](OC(C)=O)[C@H]3[C@]2(C)[C@@H](OC(C)=O)C[C@H](O)C(C)(C)[C@H]2C(=O)[C@@H]4O)C(=O)[C@]23C[C@H]1C[C@H](OC(C)=O)[C@H]2[C@]1(C)[C@@H](OC(C)=O)C[C@H](O)C(C)(C)[C@H]1C(=O)[C@H]3O. The first-order chi connectivity index (χ1) is 30.5. The van der Waals surface area contributed by atoms with Crippen molar-refractivity contribution >= 4 is 47.0 Å². The number of esters is 4. The van der Waals surface area contributed by atoms with E-state index in [0.29, 0.717) is 0 Å². The van der Waals surface area contributed by atoms with Gasteiger partial charge in [-0.25, -0.2) is 0 Å². The fourth-order valence-electron chi connectivity index (χ4n) is 17.6. The minimum atomic E-state index is -1.97. The average molecular weight is 929 g/mol. The van der Waals surface area contributed by atoms with Crippen LogP contribution < -0.4 is 0 Å². The van der Waals surface area contributed by atoms with Crippen molar-refractivity contribution < 1.29 is 82.5 Å². The molecule has 17 heteroatoms. The number of aliphatic hydroxyl groups excluding tert-OH is 4. The van der Waals surface area contributed by atoms with Gasteiger partial charge >= 0.3 is 23.9 Å². The van der Waals surface area contributed by atoms with E-state index in [1.165, 1.54) is 34.8 Å². The first-order valence-corrected chi connectivity index (χ1v) is 23.6. The second kappa shape index (κ2) is 15.4. The van der Waals surface area contributed by atoms with E-state index in [4.69, 9.17) is 23.7 Å². The maximum Gasteiger partial charge on any atom is 0.302 e. The molecule has 8 fully saturated rings. The summed E-state index contributed by atoms with van der Waals surface area (Å²) in [7, 11) is 1.39. The molecular formula is C49H68O17. The van der Waals surface area contributed by atoms with Crippen molar-refractivity contribution in [1.29, 1.82) is 0 Å². The van der Waals surface area contributed by atoms with Crippen LogP contribution in [0.25, 0.3) is 0 Å². The van der Waals surface area contributed by atoms with E-state index in [1.807, 2.05) is 0 Å². The van der Waals surface area contributed by atoms with Crippen LogP contribution >= 0.6 is 0 Å². The van der Waals surface area contributed by atoms with Gasteiger partial charge in [0.15, 0.2) is 17.3 Å². The quantitative estimate of drug-likeness (QED) is 0.201. The summed E-state index contributed by atoms with van der Waals surface area (Å²) in [4.78, 5) is 114. The van der Waals surface area contributed by atoms with Gasteiger partial charge in [-0.1, -0.05) is 41.5 Å². The number of hydrogen-bond acceptors (Lipinski definition) is 17. The zero-order valence-electron chi connectivity index (χ0n) is 39.9. The van der Waals surface area contributed by atoms with Gasteiger partial charge in [0.25, 0.3) is 0 Å². The number of Topliss-reactive ketones (excluding diaryl/α,β-unsaturated/α-hetero) is 4. The summed E-state index contributed by atoms with van der Waals surface area (Å²) in [5.74, 6) is -12.4. The fourth-order valence-corrected chi connectivity index (χ4v) is 17.6. The zero-order chi connectivity index (χ0) is 49.0. The fraction of sp³-hybridized carbons (Fsp3) is 0.837. The summed E-state index contributed by atoms with van der Waals surface area (Å²) < 4.78 is 30.0. The first-order valence-electron chi connectivity index (χ1n) is 23.6. The molecule has 0 radical (unpaired) electrons. The number of hydrogen-bond donors (Lipinski definition) is 4. The summed E-state index contributed by atoms with van der Waals surface area (Å²) in [5, 5.41) is 48.1. The van der Waals surface area contributed by atoms with Crippen LogP contribution in [0.1, 0.15) is 114 Å². The Morgan fingerprint density at radius 1 is 0.591 bits per heavy atom. The molecule has 0 aromatic heterocycles. The Labute approximate surface area is 384 Å². The monoisotopic (exact) mass is 928 g/mol. The van der Waals surface area contributed by atoms with Crippen molar-refractivity contribution in [2.45, 2.75) is 163 Å². The maximum atomic E-state index is 16.2. The maximum absolute atomic E-state index is 16.2. The average Bonchev–Trinajstić information content (AvgIpc) is 3.50. The van der Waals surface area contributed by atoms with Crippen LogP contribution in [0.5, 0.6) is 0 Å². The van der Waals surface area contributed by atoms with Crippen LogP contribution in [0, 0.1) is 79.3 Å². The molecule has 20 atom stereocenters. The normalized spacial score (nSPS) is 49.4. The molecule has 0 aromatic carbocycles. The van der Waals surface area contributed by atoms with Crippen molar-refractivity contribution in [2.24, 2.45) is 79.3 Å². The van der Waals surface area contributed by atoms with Crippen molar-refractivity contribution in [3.05, 3.63) is 0 Å². The highest BCUT2D eigenvalue weighted by Crippen LogP contribution is 2.76. The van der Waals surface area contributed by atoms with E-state index in [2.05, 4.69) is 0 Å². The Bertz CT molecular complexity index is 2150. The van der Waals surface area contributed by atoms with Gasteiger partial charge < -0.3 is 44.1 Å². The lowest BCUT2D eigenvalue weighted by Gasteiger charge is -2.66. The van der Waals surface area contributed by atoms with Crippen molar-refractivity contribution in [1.82, 2.24) is 0 Å². The molecule has 4 N–H and O–H groups in total. The highest BCUT2D eigenvalue weighted by Gasteiger charge is 2.84. The Morgan fingerprint density at radius 3 is 1.45 bits per heavy atom. The van der Waals surface area contributed by atoms with E-state index in [9.17, 15) is 44.4 Å². The summed E-state index contributed by atoms with van der Waals surface area (Å²) in [6.07, 6.45) is -11.2. The summed E-state index contributed by atoms with van der Waals surface area (Å²) in [6, 6.07) is 0. The number of ketones is 4. The molecule has 17 nitrogen and oxygen atoms in total. The van der Waals surface area contributed by atoms with Crippen molar-refractivity contribution in [3.8, 4) is 0 Å². The molecule has 0 unspecified atom stereocenters. The molecule has 2 spiro atoms. The molecular weight excluding hydrogens is 861 g/mol. The summed E-state index contributed by atoms with van der Waals surface area (Å²) in [5.41, 5.74) is -10.8. The Morgan fingerprint density at radius 2 is 1.02 bits per heavy atom. The van der Waals surface area contributed by atoms with Crippen LogP contribution in [0.4, 0.5) is 0 Å². The molecule has 0 aliphatic heterocycles.